The molecule has 1 amide bonds. The molecule has 1 unspecified atom stereocenters. The molecule has 1 N–H and O–H groups in total. The van der Waals surface area contributed by atoms with Crippen LogP contribution in [0.3, 0.4) is 0 Å². The largest absolute Gasteiger partial charge is 0.480 e. The molecule has 0 heterocycles. The molecule has 0 aliphatic rings. The fourth-order valence-corrected chi connectivity index (χ4v) is 4.36. The molecule has 7 heteroatoms. The summed E-state index contributed by atoms with van der Waals surface area (Å²) in [5, 5.41) is 19.4. The summed E-state index contributed by atoms with van der Waals surface area (Å²) in [6.45, 7) is 5.68. The van der Waals surface area contributed by atoms with Gasteiger partial charge in [0.05, 0.1) is 11.6 Å². The Bertz CT molecular complexity index is 1290. The van der Waals surface area contributed by atoms with Crippen molar-refractivity contribution < 1.29 is 23.5 Å². The van der Waals surface area contributed by atoms with Gasteiger partial charge in [0.15, 0.2) is 0 Å². The van der Waals surface area contributed by atoms with Crippen molar-refractivity contribution in [1.82, 2.24) is 4.90 Å². The third-order valence-corrected chi connectivity index (χ3v) is 6.24. The normalized spacial score (nSPS) is 11.7. The molecule has 0 saturated heterocycles. The fourth-order valence-electron chi connectivity index (χ4n) is 4.36. The van der Waals surface area contributed by atoms with Crippen molar-refractivity contribution in [3.8, 4) is 28.3 Å². The molecule has 3 aromatic rings. The van der Waals surface area contributed by atoms with Gasteiger partial charge < -0.3 is 10.0 Å². The van der Waals surface area contributed by atoms with Gasteiger partial charge in [-0.25, -0.2) is 13.6 Å². The van der Waals surface area contributed by atoms with Crippen LogP contribution in [-0.2, 0) is 16.1 Å². The van der Waals surface area contributed by atoms with Gasteiger partial charge in [-0.05, 0) is 58.9 Å². The zero-order chi connectivity index (χ0) is 27.1. The lowest BCUT2D eigenvalue weighted by molar-refractivity contribution is -0.153. The average Bonchev–Trinajstić information content (AvgIpc) is 2.86. The molecule has 0 aliphatic heterocycles. The number of carbonyl (C=O) groups is 2. The van der Waals surface area contributed by atoms with Gasteiger partial charge in [-0.1, -0.05) is 57.5 Å². The highest BCUT2D eigenvalue weighted by Crippen LogP contribution is 2.31. The molecule has 5 nitrogen and oxygen atoms in total. The molecule has 192 valence electrons. The molecule has 3 aromatic carbocycles. The molecule has 0 bridgehead atoms. The Balaban J connectivity index is 1.94. The van der Waals surface area contributed by atoms with E-state index in [0.717, 1.165) is 18.1 Å². The van der Waals surface area contributed by atoms with Crippen molar-refractivity contribution in [2.24, 2.45) is 5.92 Å². The van der Waals surface area contributed by atoms with Crippen LogP contribution in [0.25, 0.3) is 22.3 Å². The van der Waals surface area contributed by atoms with Crippen LogP contribution in [0.4, 0.5) is 8.78 Å². The minimum absolute atomic E-state index is 0.145. The molecule has 0 fully saturated rings. The van der Waals surface area contributed by atoms with Gasteiger partial charge in [-0.2, -0.15) is 5.26 Å². The molecule has 0 radical (unpaired) electrons. The number of unbranched alkanes of at least 4 members (excludes halogenated alkanes) is 1. The number of rotatable bonds is 10. The van der Waals surface area contributed by atoms with E-state index in [-0.39, 0.29) is 24.8 Å². The van der Waals surface area contributed by atoms with E-state index in [4.69, 9.17) is 0 Å². The molecule has 0 aliphatic carbocycles. The predicted octanol–water partition coefficient (Wildman–Crippen LogP) is 6.80. The van der Waals surface area contributed by atoms with Crippen molar-refractivity contribution in [2.45, 2.75) is 52.6 Å². The van der Waals surface area contributed by atoms with Crippen molar-refractivity contribution >= 4 is 11.9 Å². The second-order valence-corrected chi connectivity index (χ2v) is 9.38. The number of hydrogen-bond acceptors (Lipinski definition) is 3. The molecule has 1 atom stereocenters. The van der Waals surface area contributed by atoms with Crippen LogP contribution in [0, 0.1) is 28.9 Å². The van der Waals surface area contributed by atoms with Crippen LogP contribution in [0.5, 0.6) is 0 Å². The number of carboxylic acid groups (broad SMARTS) is 1. The number of amides is 1. The van der Waals surface area contributed by atoms with E-state index in [2.05, 4.69) is 6.07 Å². The molecule has 37 heavy (non-hydrogen) atoms. The number of carboxylic acids is 1. The van der Waals surface area contributed by atoms with Gasteiger partial charge in [0, 0.05) is 24.6 Å². The first-order chi connectivity index (χ1) is 17.6. The van der Waals surface area contributed by atoms with Crippen molar-refractivity contribution in [1.29, 1.82) is 5.26 Å². The first-order valence-electron chi connectivity index (χ1n) is 12.3. The number of nitriles is 1. The van der Waals surface area contributed by atoms with Gasteiger partial charge in [-0.3, -0.25) is 4.79 Å². The second kappa shape index (κ2) is 12.3. The topological polar surface area (TPSA) is 81.4 Å². The maximum absolute atomic E-state index is 13.8. The van der Waals surface area contributed by atoms with Crippen molar-refractivity contribution in [3.05, 3.63) is 83.4 Å². The molecular formula is C30H30F2N2O3. The van der Waals surface area contributed by atoms with E-state index in [1.165, 1.54) is 17.0 Å². The van der Waals surface area contributed by atoms with Crippen LogP contribution in [0.2, 0.25) is 0 Å². The minimum Gasteiger partial charge on any atom is -0.480 e. The van der Waals surface area contributed by atoms with Gasteiger partial charge >= 0.3 is 5.97 Å². The third kappa shape index (κ3) is 6.79. The Morgan fingerprint density at radius 1 is 0.946 bits per heavy atom. The van der Waals surface area contributed by atoms with Crippen LogP contribution in [0.1, 0.15) is 51.2 Å². The number of halogens is 2. The summed E-state index contributed by atoms with van der Waals surface area (Å²) in [6.07, 6.45) is 1.79. The molecule has 0 saturated carbocycles. The molecule has 0 spiro atoms. The van der Waals surface area contributed by atoms with Gasteiger partial charge in [0.2, 0.25) is 5.91 Å². The second-order valence-electron chi connectivity index (χ2n) is 9.38. The molecular weight excluding hydrogens is 474 g/mol. The lowest BCUT2D eigenvalue weighted by Crippen LogP contribution is -2.47. The Morgan fingerprint density at radius 3 is 2.11 bits per heavy atom. The highest BCUT2D eigenvalue weighted by atomic mass is 19.1. The zero-order valence-electron chi connectivity index (χ0n) is 21.2. The number of hydrogen-bond donors (Lipinski definition) is 1. The fraction of sp³-hybridized carbons (Fsp3) is 0.300. The Kier molecular flexibility index (Phi) is 9.13. The SMILES string of the molecule is CCCCC(=O)N(Cc1ccc(-c2cc(-c3cc(F)cc(F)c3)ccc2C#N)cc1)C(C(=O)O)C(C)C. The summed E-state index contributed by atoms with van der Waals surface area (Å²) in [4.78, 5) is 26.3. The van der Waals surface area contributed by atoms with E-state index < -0.39 is 23.6 Å². The van der Waals surface area contributed by atoms with E-state index in [1.54, 1.807) is 56.3 Å². The van der Waals surface area contributed by atoms with Gasteiger partial charge in [-0.15, -0.1) is 0 Å². The van der Waals surface area contributed by atoms with Crippen LogP contribution in [0.15, 0.2) is 60.7 Å². The van der Waals surface area contributed by atoms with E-state index >= 15 is 0 Å². The monoisotopic (exact) mass is 504 g/mol. The zero-order valence-corrected chi connectivity index (χ0v) is 21.2. The lowest BCUT2D eigenvalue weighted by Gasteiger charge is -2.32. The quantitative estimate of drug-likeness (QED) is 0.329. The average molecular weight is 505 g/mol. The summed E-state index contributed by atoms with van der Waals surface area (Å²) in [5.74, 6) is -2.89. The summed E-state index contributed by atoms with van der Waals surface area (Å²) >= 11 is 0. The van der Waals surface area contributed by atoms with Crippen molar-refractivity contribution in [2.75, 3.05) is 0 Å². The first-order valence-corrected chi connectivity index (χ1v) is 12.3. The minimum atomic E-state index is -1.04. The van der Waals surface area contributed by atoms with Crippen LogP contribution >= 0.6 is 0 Å². The van der Waals surface area contributed by atoms with Gasteiger partial charge in [0.25, 0.3) is 0 Å². The van der Waals surface area contributed by atoms with Crippen LogP contribution < -0.4 is 0 Å². The Hall–Kier alpha value is -4.05. The van der Waals surface area contributed by atoms with Crippen LogP contribution in [-0.4, -0.2) is 27.9 Å². The van der Waals surface area contributed by atoms with E-state index in [9.17, 15) is 28.7 Å². The smallest absolute Gasteiger partial charge is 0.326 e. The lowest BCUT2D eigenvalue weighted by atomic mass is 9.94. The maximum Gasteiger partial charge on any atom is 0.326 e. The van der Waals surface area contributed by atoms with E-state index in [0.29, 0.717) is 34.2 Å². The maximum atomic E-state index is 13.8. The molecule has 0 aromatic heterocycles. The summed E-state index contributed by atoms with van der Waals surface area (Å²) in [7, 11) is 0. The number of carbonyl (C=O) groups excluding carboxylic acids is 1. The van der Waals surface area contributed by atoms with E-state index in [1.807, 2.05) is 6.92 Å². The third-order valence-electron chi connectivity index (χ3n) is 6.24. The standard InChI is InChI=1S/C30H30F2N2O3/c1-4-5-6-28(35)34(29(19(2)3)30(36)37)18-20-7-9-21(10-8-20)27-15-22(11-12-23(27)17-33)24-13-25(31)16-26(32)14-24/h7-16,19,29H,4-6,18H2,1-3H3,(H,36,37). The first kappa shape index (κ1) is 27.5. The summed E-state index contributed by atoms with van der Waals surface area (Å²) in [6, 6.07) is 16.6. The van der Waals surface area contributed by atoms with Crippen molar-refractivity contribution in [3.63, 3.8) is 0 Å². The molecule has 3 rings (SSSR count). The number of benzene rings is 3. The highest BCUT2D eigenvalue weighted by molar-refractivity contribution is 5.84. The number of nitrogens with zero attached hydrogens (tertiary/aromatic N) is 2. The van der Waals surface area contributed by atoms with Gasteiger partial charge in [0.1, 0.15) is 17.7 Å². The Labute approximate surface area is 216 Å². The number of aliphatic carboxylic acids is 1. The summed E-state index contributed by atoms with van der Waals surface area (Å²) in [5.41, 5.74) is 3.37. The predicted molar refractivity (Wildman–Crippen MR) is 138 cm³/mol. The summed E-state index contributed by atoms with van der Waals surface area (Å²) < 4.78 is 27.5. The Morgan fingerprint density at radius 2 is 1.57 bits per heavy atom. The highest BCUT2D eigenvalue weighted by Gasteiger charge is 2.32.